The number of rotatable bonds is 8. The summed E-state index contributed by atoms with van der Waals surface area (Å²) in [5.74, 6) is 4.50. The summed E-state index contributed by atoms with van der Waals surface area (Å²) in [5.41, 5.74) is 0.921. The number of ether oxygens (including phenoxy) is 2. The first-order chi connectivity index (χ1) is 18.3. The van der Waals surface area contributed by atoms with Crippen LogP contribution in [-0.4, -0.2) is 55.5 Å². The van der Waals surface area contributed by atoms with Crippen molar-refractivity contribution >= 4 is 27.6 Å². The van der Waals surface area contributed by atoms with Crippen LogP contribution in [0.15, 0.2) is 83.8 Å². The molecule has 4 rings (SSSR count). The lowest BCUT2D eigenvalue weighted by molar-refractivity contribution is -0.141. The van der Waals surface area contributed by atoms with Crippen LogP contribution in [0.1, 0.15) is 12.5 Å². The van der Waals surface area contributed by atoms with Gasteiger partial charge in [-0.15, -0.1) is 5.92 Å². The number of sulfonamides is 1. The number of nitrogens with zero attached hydrogens (tertiary/aromatic N) is 2. The Morgan fingerprint density at radius 1 is 0.947 bits per heavy atom. The summed E-state index contributed by atoms with van der Waals surface area (Å²) in [6.45, 7) is 0.872. The molecule has 0 fully saturated rings. The van der Waals surface area contributed by atoms with E-state index in [-0.39, 0.29) is 31.2 Å². The van der Waals surface area contributed by atoms with Crippen molar-refractivity contribution < 1.29 is 32.6 Å². The summed E-state index contributed by atoms with van der Waals surface area (Å²) in [7, 11) is -4.27. The molecule has 38 heavy (non-hydrogen) atoms. The van der Waals surface area contributed by atoms with Crippen LogP contribution >= 0.6 is 0 Å². The van der Waals surface area contributed by atoms with Gasteiger partial charge in [-0.1, -0.05) is 42.3 Å². The number of benzene rings is 3. The molecule has 1 N–H and O–H groups in total. The van der Waals surface area contributed by atoms with Gasteiger partial charge in [-0.05, 0) is 55.0 Å². The van der Waals surface area contributed by atoms with E-state index >= 15 is 0 Å². The van der Waals surface area contributed by atoms with E-state index in [1.54, 1.807) is 55.5 Å². The molecule has 0 radical (unpaired) electrons. The molecule has 1 aliphatic rings. The zero-order valence-electron chi connectivity index (χ0n) is 20.6. The fraction of sp³-hybridized carbons (Fsp3) is 0.214. The summed E-state index contributed by atoms with van der Waals surface area (Å²) in [4.78, 5) is 26.8. The van der Waals surface area contributed by atoms with Gasteiger partial charge in [-0.2, -0.15) is 4.31 Å². The van der Waals surface area contributed by atoms with Gasteiger partial charge in [0.15, 0.2) is 6.61 Å². The van der Waals surface area contributed by atoms with Crippen molar-refractivity contribution in [3.8, 4) is 23.3 Å². The third-order valence-corrected chi connectivity index (χ3v) is 7.79. The first kappa shape index (κ1) is 26.7. The highest BCUT2D eigenvalue weighted by molar-refractivity contribution is 7.89. The van der Waals surface area contributed by atoms with E-state index in [2.05, 4.69) is 11.8 Å². The molecule has 9 nitrogen and oxygen atoms in total. The Bertz CT molecular complexity index is 1460. The number of para-hydroxylation sites is 2. The van der Waals surface area contributed by atoms with Crippen LogP contribution in [-0.2, 0) is 26.2 Å². The number of hydrogen-bond donors (Lipinski definition) is 1. The minimum Gasteiger partial charge on any atom is -0.484 e. The van der Waals surface area contributed by atoms with Gasteiger partial charge in [0, 0.05) is 12.2 Å². The number of carbonyl (C=O) groups is 2. The average Bonchev–Trinajstić information content (AvgIpc) is 3.11. The van der Waals surface area contributed by atoms with Crippen LogP contribution in [0.3, 0.4) is 0 Å². The highest BCUT2D eigenvalue weighted by Gasteiger charge is 2.41. The molecule has 3 aromatic rings. The van der Waals surface area contributed by atoms with E-state index in [9.17, 15) is 23.1 Å². The molecular formula is C28H26N2O7S. The SMILES string of the molecule is CC#CCOc1ccc(S(=O)(=O)N2Cc3ccccc3N(C(=O)COc3ccccc3)CC2C(=O)O)cc1. The van der Waals surface area contributed by atoms with Gasteiger partial charge in [-0.25, -0.2) is 8.42 Å². The normalized spacial score (nSPS) is 15.4. The third kappa shape index (κ3) is 5.96. The number of carboxylic acids is 1. The summed E-state index contributed by atoms with van der Waals surface area (Å²) >= 11 is 0. The molecular weight excluding hydrogens is 508 g/mol. The Morgan fingerprint density at radius 2 is 1.61 bits per heavy atom. The van der Waals surface area contributed by atoms with Gasteiger partial charge in [0.2, 0.25) is 10.0 Å². The first-order valence-electron chi connectivity index (χ1n) is 11.7. The second-order valence-electron chi connectivity index (χ2n) is 8.33. The minimum atomic E-state index is -4.27. The number of hydrogen-bond acceptors (Lipinski definition) is 6. The van der Waals surface area contributed by atoms with E-state index in [1.165, 1.54) is 29.2 Å². The Kier molecular flexibility index (Phi) is 8.31. The predicted octanol–water partition coefficient (Wildman–Crippen LogP) is 3.16. The Hall–Kier alpha value is -4.33. The van der Waals surface area contributed by atoms with Crippen molar-refractivity contribution in [2.24, 2.45) is 0 Å². The van der Waals surface area contributed by atoms with Gasteiger partial charge >= 0.3 is 5.97 Å². The molecule has 10 heteroatoms. The van der Waals surface area contributed by atoms with E-state index in [4.69, 9.17) is 9.47 Å². The summed E-state index contributed by atoms with van der Waals surface area (Å²) in [6, 6.07) is 19.6. The molecule has 1 amide bonds. The molecule has 0 aliphatic carbocycles. The van der Waals surface area contributed by atoms with Crippen molar-refractivity contribution in [3.63, 3.8) is 0 Å². The fourth-order valence-electron chi connectivity index (χ4n) is 4.01. The van der Waals surface area contributed by atoms with E-state index in [0.717, 1.165) is 4.31 Å². The molecule has 1 unspecified atom stereocenters. The predicted molar refractivity (Wildman–Crippen MR) is 140 cm³/mol. The van der Waals surface area contributed by atoms with Crippen molar-refractivity contribution in [2.45, 2.75) is 24.4 Å². The Morgan fingerprint density at radius 3 is 2.29 bits per heavy atom. The van der Waals surface area contributed by atoms with Crippen molar-refractivity contribution in [2.75, 3.05) is 24.7 Å². The molecule has 1 atom stereocenters. The second kappa shape index (κ2) is 11.8. The van der Waals surface area contributed by atoms with Crippen LogP contribution in [0.2, 0.25) is 0 Å². The van der Waals surface area contributed by atoms with Gasteiger partial charge in [0.1, 0.15) is 24.1 Å². The average molecular weight is 535 g/mol. The van der Waals surface area contributed by atoms with Gasteiger partial charge in [0.05, 0.1) is 11.4 Å². The van der Waals surface area contributed by atoms with Crippen LogP contribution in [0.4, 0.5) is 5.69 Å². The Labute approximate surface area is 221 Å². The highest BCUT2D eigenvalue weighted by Crippen LogP contribution is 2.32. The maximum absolute atomic E-state index is 13.7. The molecule has 0 saturated carbocycles. The van der Waals surface area contributed by atoms with Gasteiger partial charge < -0.3 is 19.5 Å². The topological polar surface area (TPSA) is 113 Å². The number of carbonyl (C=O) groups excluding carboxylic acids is 1. The number of carboxylic acid groups (broad SMARTS) is 1. The van der Waals surface area contributed by atoms with E-state index < -0.39 is 27.9 Å². The van der Waals surface area contributed by atoms with E-state index in [0.29, 0.717) is 22.7 Å². The smallest absolute Gasteiger partial charge is 0.323 e. The van der Waals surface area contributed by atoms with Crippen LogP contribution in [0.5, 0.6) is 11.5 Å². The lowest BCUT2D eigenvalue weighted by Crippen LogP contribution is -2.50. The van der Waals surface area contributed by atoms with Gasteiger partial charge in [-0.3, -0.25) is 9.59 Å². The molecule has 0 bridgehead atoms. The van der Waals surface area contributed by atoms with Crippen LogP contribution in [0, 0.1) is 11.8 Å². The summed E-state index contributed by atoms with van der Waals surface area (Å²) in [6.07, 6.45) is 0. The molecule has 3 aromatic carbocycles. The monoisotopic (exact) mass is 534 g/mol. The zero-order valence-corrected chi connectivity index (χ0v) is 21.4. The second-order valence-corrected chi connectivity index (χ2v) is 10.2. The van der Waals surface area contributed by atoms with Crippen molar-refractivity contribution in [1.29, 1.82) is 0 Å². The number of aliphatic carboxylic acids is 1. The third-order valence-electron chi connectivity index (χ3n) is 5.92. The molecule has 0 spiro atoms. The van der Waals surface area contributed by atoms with Crippen molar-refractivity contribution in [3.05, 3.63) is 84.4 Å². The maximum atomic E-state index is 13.7. The maximum Gasteiger partial charge on any atom is 0.323 e. The molecule has 196 valence electrons. The largest absolute Gasteiger partial charge is 0.484 e. The highest BCUT2D eigenvalue weighted by atomic mass is 32.2. The van der Waals surface area contributed by atoms with Crippen LogP contribution in [0.25, 0.3) is 0 Å². The van der Waals surface area contributed by atoms with Crippen molar-refractivity contribution in [1.82, 2.24) is 4.31 Å². The molecule has 0 saturated heterocycles. The lowest BCUT2D eigenvalue weighted by atomic mass is 10.1. The molecule has 1 heterocycles. The zero-order chi connectivity index (χ0) is 27.1. The first-order valence-corrected chi connectivity index (χ1v) is 13.2. The van der Waals surface area contributed by atoms with Gasteiger partial charge in [0.25, 0.3) is 5.91 Å². The Balaban J connectivity index is 1.64. The quantitative estimate of drug-likeness (QED) is 0.442. The van der Waals surface area contributed by atoms with E-state index in [1.807, 2.05) is 6.07 Å². The molecule has 1 aliphatic heterocycles. The number of anilines is 1. The van der Waals surface area contributed by atoms with Crippen LogP contribution < -0.4 is 14.4 Å². The standard InChI is InChI=1S/C28H26N2O7S/c1-2-3-17-36-23-13-15-24(16-14-23)38(34,35)30-18-21-9-7-8-12-25(21)29(19-26(30)28(32)33)27(31)20-37-22-10-5-4-6-11-22/h4-16,26H,17-20H2,1H3,(H,32,33). The number of fused-ring (bicyclic) bond motifs is 1. The summed E-state index contributed by atoms with van der Waals surface area (Å²) < 4.78 is 39.3. The fourth-order valence-corrected chi connectivity index (χ4v) is 5.56. The minimum absolute atomic E-state index is 0.0951. The number of amides is 1. The summed E-state index contributed by atoms with van der Waals surface area (Å²) in [5, 5.41) is 10.1. The lowest BCUT2D eigenvalue weighted by Gasteiger charge is -2.28. The molecule has 0 aromatic heterocycles.